The van der Waals surface area contributed by atoms with Crippen molar-refractivity contribution in [3.63, 3.8) is 0 Å². The Bertz CT molecular complexity index is 664. The number of likely N-dealkylation sites (tertiary alicyclic amines) is 1. The van der Waals surface area contributed by atoms with Gasteiger partial charge in [-0.15, -0.1) is 11.6 Å². The predicted molar refractivity (Wildman–Crippen MR) is 130 cm³/mol. The van der Waals surface area contributed by atoms with Gasteiger partial charge in [0.1, 0.15) is 0 Å². The summed E-state index contributed by atoms with van der Waals surface area (Å²) in [5.41, 5.74) is 1.47. The van der Waals surface area contributed by atoms with E-state index in [4.69, 9.17) is 21.3 Å². The average molecular weight is 451 g/mol. The number of allylic oxidation sites excluding steroid dienone is 1. The molecule has 0 aromatic carbocycles. The van der Waals surface area contributed by atoms with Crippen molar-refractivity contribution in [2.75, 3.05) is 26.7 Å². The molecule has 3 atom stereocenters. The van der Waals surface area contributed by atoms with Crippen LogP contribution in [0.25, 0.3) is 0 Å². The molecule has 0 radical (unpaired) electrons. The topological polar surface area (TPSA) is 41.9 Å². The molecule has 0 aromatic rings. The fourth-order valence-corrected chi connectivity index (χ4v) is 6.29. The van der Waals surface area contributed by atoms with Gasteiger partial charge in [-0.25, -0.2) is 0 Å². The normalized spacial score (nSPS) is 34.1. The highest BCUT2D eigenvalue weighted by atomic mass is 35.5. The van der Waals surface area contributed by atoms with Gasteiger partial charge in [0.2, 0.25) is 0 Å². The number of methoxy groups -OCH3 is 1. The number of esters is 1. The minimum atomic E-state index is -0.139. The van der Waals surface area contributed by atoms with Crippen LogP contribution in [0.1, 0.15) is 72.6 Å². The number of ether oxygens (including phenoxy) is 1. The fourth-order valence-electron chi connectivity index (χ4n) is 6.04. The molecule has 0 spiro atoms. The number of alkyl halides is 1. The van der Waals surface area contributed by atoms with Crippen LogP contribution in [0, 0.1) is 29.1 Å². The Balaban J connectivity index is 1.59. The van der Waals surface area contributed by atoms with Gasteiger partial charge < -0.3 is 9.64 Å². The fraction of sp³-hybridized carbons (Fsp3) is 0.846. The average Bonchev–Trinajstić information content (AvgIpc) is 2.73. The van der Waals surface area contributed by atoms with Crippen LogP contribution in [0.5, 0.6) is 0 Å². The Kier molecular flexibility index (Phi) is 8.65. The van der Waals surface area contributed by atoms with Gasteiger partial charge in [-0.2, -0.15) is 0 Å². The van der Waals surface area contributed by atoms with E-state index in [-0.39, 0.29) is 11.9 Å². The van der Waals surface area contributed by atoms with E-state index >= 15 is 0 Å². The second-order valence-electron chi connectivity index (χ2n) is 11.1. The molecular weight excluding hydrogens is 408 g/mol. The number of nitrogens with zero attached hydrogens (tertiary/aromatic N) is 2. The highest BCUT2D eigenvalue weighted by molar-refractivity contribution is 6.20. The van der Waals surface area contributed by atoms with Gasteiger partial charge in [0, 0.05) is 24.2 Å². The van der Waals surface area contributed by atoms with Gasteiger partial charge in [0.25, 0.3) is 0 Å². The monoisotopic (exact) mass is 450 g/mol. The SMILES string of the molecule is COC(=O)C1C=CC(=N[C@@H](CN2CC[C@H](C3CCC(Cl)CC3)C(C)(C)C2)C(C)C)CC1. The molecule has 0 aromatic heterocycles. The Hall–Kier alpha value is -0.870. The first-order chi connectivity index (χ1) is 14.7. The molecule has 0 amide bonds. The zero-order chi connectivity index (χ0) is 22.6. The molecule has 1 saturated heterocycles. The lowest BCUT2D eigenvalue weighted by atomic mass is 9.64. The molecule has 1 unspecified atom stereocenters. The van der Waals surface area contributed by atoms with Crippen LogP contribution in [-0.4, -0.2) is 54.7 Å². The summed E-state index contributed by atoms with van der Waals surface area (Å²) in [4.78, 5) is 19.5. The largest absolute Gasteiger partial charge is 0.469 e. The predicted octanol–water partition coefficient (Wildman–Crippen LogP) is 5.74. The molecule has 176 valence electrons. The lowest BCUT2D eigenvalue weighted by Crippen LogP contribution is -2.50. The zero-order valence-corrected chi connectivity index (χ0v) is 21.0. The minimum absolute atomic E-state index is 0.116. The maximum Gasteiger partial charge on any atom is 0.312 e. The molecule has 31 heavy (non-hydrogen) atoms. The van der Waals surface area contributed by atoms with Crippen LogP contribution in [0.15, 0.2) is 17.1 Å². The first-order valence-electron chi connectivity index (χ1n) is 12.4. The van der Waals surface area contributed by atoms with Gasteiger partial charge in [-0.3, -0.25) is 9.79 Å². The number of carbonyl (C=O) groups excluding carboxylic acids is 1. The van der Waals surface area contributed by atoms with Gasteiger partial charge in [-0.05, 0) is 80.7 Å². The van der Waals surface area contributed by atoms with Crippen LogP contribution in [-0.2, 0) is 9.53 Å². The number of hydrogen-bond donors (Lipinski definition) is 0. The van der Waals surface area contributed by atoms with E-state index in [0.717, 1.165) is 43.5 Å². The number of piperidine rings is 1. The van der Waals surface area contributed by atoms with Gasteiger partial charge in [0.05, 0.1) is 19.1 Å². The summed E-state index contributed by atoms with van der Waals surface area (Å²) >= 11 is 6.36. The smallest absolute Gasteiger partial charge is 0.312 e. The molecule has 4 nitrogen and oxygen atoms in total. The van der Waals surface area contributed by atoms with Crippen molar-refractivity contribution in [2.45, 2.75) is 84.1 Å². The maximum absolute atomic E-state index is 11.8. The van der Waals surface area contributed by atoms with Crippen LogP contribution in [0.4, 0.5) is 0 Å². The van der Waals surface area contributed by atoms with Crippen LogP contribution >= 0.6 is 11.6 Å². The Morgan fingerprint density at radius 2 is 1.94 bits per heavy atom. The highest BCUT2D eigenvalue weighted by Crippen LogP contribution is 2.45. The molecule has 1 saturated carbocycles. The minimum Gasteiger partial charge on any atom is -0.469 e. The Morgan fingerprint density at radius 3 is 2.48 bits per heavy atom. The Labute approximate surface area is 194 Å². The van der Waals surface area contributed by atoms with Crippen molar-refractivity contribution in [1.82, 2.24) is 4.90 Å². The second-order valence-corrected chi connectivity index (χ2v) is 11.7. The van der Waals surface area contributed by atoms with E-state index in [9.17, 15) is 4.79 Å². The van der Waals surface area contributed by atoms with Crippen molar-refractivity contribution in [2.24, 2.45) is 34.1 Å². The highest BCUT2D eigenvalue weighted by Gasteiger charge is 2.41. The number of aliphatic imine (C=N–C) groups is 1. The first-order valence-corrected chi connectivity index (χ1v) is 12.8. The van der Waals surface area contributed by atoms with E-state index in [2.05, 4.69) is 32.6 Å². The molecule has 2 fully saturated rings. The van der Waals surface area contributed by atoms with Crippen LogP contribution < -0.4 is 0 Å². The quantitative estimate of drug-likeness (QED) is 0.383. The third-order valence-corrected chi connectivity index (χ3v) is 8.38. The molecule has 3 aliphatic rings. The molecule has 0 N–H and O–H groups in total. The summed E-state index contributed by atoms with van der Waals surface area (Å²) < 4.78 is 4.88. The standard InChI is InChI=1S/C26H43ClN2O2/c1-18(2)24(28-22-12-8-20(9-13-22)25(30)31-5)16-29-15-14-23(26(3,4)17-29)19-6-10-21(27)11-7-19/h8,12,18-21,23-24H,6-7,9-11,13-17H2,1-5H3/t19?,20?,21?,23-,24+/m1/s1. The third kappa shape index (κ3) is 6.57. The molecule has 3 rings (SSSR count). The van der Waals surface area contributed by atoms with Crippen LogP contribution in [0.2, 0.25) is 0 Å². The van der Waals surface area contributed by atoms with Crippen LogP contribution in [0.3, 0.4) is 0 Å². The van der Waals surface area contributed by atoms with E-state index in [1.807, 2.05) is 12.2 Å². The molecule has 5 heteroatoms. The number of rotatable bonds is 6. The van der Waals surface area contributed by atoms with E-state index < -0.39 is 0 Å². The summed E-state index contributed by atoms with van der Waals surface area (Å²) in [5.74, 6) is 1.91. The van der Waals surface area contributed by atoms with Crippen molar-refractivity contribution in [3.8, 4) is 0 Å². The molecular formula is C26H43ClN2O2. The van der Waals surface area contributed by atoms with Crippen molar-refractivity contribution in [1.29, 1.82) is 0 Å². The van der Waals surface area contributed by atoms with Crippen molar-refractivity contribution in [3.05, 3.63) is 12.2 Å². The van der Waals surface area contributed by atoms with Gasteiger partial charge in [0.15, 0.2) is 0 Å². The maximum atomic E-state index is 11.8. The summed E-state index contributed by atoms with van der Waals surface area (Å²) in [6.45, 7) is 12.9. The van der Waals surface area contributed by atoms with Crippen molar-refractivity contribution < 1.29 is 9.53 Å². The Morgan fingerprint density at radius 1 is 1.23 bits per heavy atom. The third-order valence-electron chi connectivity index (χ3n) is 7.94. The zero-order valence-electron chi connectivity index (χ0n) is 20.3. The lowest BCUT2D eigenvalue weighted by Gasteiger charge is -2.49. The lowest BCUT2D eigenvalue weighted by molar-refractivity contribution is -0.143. The first kappa shape index (κ1) is 24.8. The van der Waals surface area contributed by atoms with Crippen molar-refractivity contribution >= 4 is 23.3 Å². The molecule has 2 aliphatic carbocycles. The van der Waals surface area contributed by atoms with E-state index in [0.29, 0.717) is 22.8 Å². The van der Waals surface area contributed by atoms with E-state index in [1.54, 1.807) is 0 Å². The second kappa shape index (κ2) is 10.8. The number of hydrogen-bond acceptors (Lipinski definition) is 4. The molecule has 1 aliphatic heterocycles. The molecule has 1 heterocycles. The number of halogens is 1. The summed E-state index contributed by atoms with van der Waals surface area (Å²) in [6.07, 6.45) is 12.0. The summed E-state index contributed by atoms with van der Waals surface area (Å²) in [6, 6.07) is 0.299. The van der Waals surface area contributed by atoms with Gasteiger partial charge in [-0.1, -0.05) is 33.8 Å². The summed E-state index contributed by atoms with van der Waals surface area (Å²) in [7, 11) is 1.46. The number of carbonyl (C=O) groups is 1. The molecule has 0 bridgehead atoms. The summed E-state index contributed by atoms with van der Waals surface area (Å²) in [5, 5.41) is 0.405. The van der Waals surface area contributed by atoms with E-state index in [1.165, 1.54) is 45.8 Å². The van der Waals surface area contributed by atoms with Gasteiger partial charge >= 0.3 is 5.97 Å².